The number of ether oxygens (including phenoxy) is 1. The van der Waals surface area contributed by atoms with Crippen molar-refractivity contribution < 1.29 is 17.9 Å². The summed E-state index contributed by atoms with van der Waals surface area (Å²) in [6, 6.07) is 22.3. The molecule has 3 aromatic carbocycles. The number of nitrogens with zero attached hydrogens (tertiary/aromatic N) is 1. The zero-order chi connectivity index (χ0) is 20.1. The van der Waals surface area contributed by atoms with Crippen LogP contribution in [0.3, 0.4) is 0 Å². The molecule has 0 spiro atoms. The molecular formula is C22H21NO4S. The Morgan fingerprint density at radius 2 is 1.50 bits per heavy atom. The summed E-state index contributed by atoms with van der Waals surface area (Å²) in [6.07, 6.45) is 0. The number of benzene rings is 3. The summed E-state index contributed by atoms with van der Waals surface area (Å²) in [5.74, 6) is 0.534. The quantitative estimate of drug-likeness (QED) is 0.560. The minimum absolute atomic E-state index is 0.111. The van der Waals surface area contributed by atoms with E-state index >= 15 is 0 Å². The van der Waals surface area contributed by atoms with E-state index in [1.54, 1.807) is 31.4 Å². The average Bonchev–Trinajstić information content (AvgIpc) is 2.73. The monoisotopic (exact) mass is 395 g/mol. The van der Waals surface area contributed by atoms with Crippen LogP contribution in [0.15, 0.2) is 83.8 Å². The molecule has 3 rings (SSSR count). The van der Waals surface area contributed by atoms with E-state index in [9.17, 15) is 13.2 Å². The lowest BCUT2D eigenvalue weighted by Gasteiger charge is -2.25. The number of ketones is 1. The van der Waals surface area contributed by atoms with Gasteiger partial charge in [0.2, 0.25) is 0 Å². The summed E-state index contributed by atoms with van der Waals surface area (Å²) < 4.78 is 33.3. The van der Waals surface area contributed by atoms with Crippen molar-refractivity contribution in [3.8, 4) is 5.75 Å². The maximum absolute atomic E-state index is 13.4. The largest absolute Gasteiger partial charge is 0.497 e. The highest BCUT2D eigenvalue weighted by molar-refractivity contribution is 7.92. The average molecular weight is 395 g/mol. The van der Waals surface area contributed by atoms with Gasteiger partial charge < -0.3 is 4.74 Å². The van der Waals surface area contributed by atoms with E-state index in [1.807, 2.05) is 30.3 Å². The smallest absolute Gasteiger partial charge is 0.264 e. The number of anilines is 1. The number of rotatable bonds is 7. The zero-order valence-corrected chi connectivity index (χ0v) is 16.5. The lowest BCUT2D eigenvalue weighted by Crippen LogP contribution is -2.30. The van der Waals surface area contributed by atoms with Crippen molar-refractivity contribution in [3.63, 3.8) is 0 Å². The Morgan fingerprint density at radius 1 is 0.893 bits per heavy atom. The van der Waals surface area contributed by atoms with E-state index in [0.717, 1.165) is 5.56 Å². The number of sulfonamides is 1. The van der Waals surface area contributed by atoms with E-state index in [0.29, 0.717) is 17.0 Å². The van der Waals surface area contributed by atoms with Crippen LogP contribution in [0.2, 0.25) is 0 Å². The lowest BCUT2D eigenvalue weighted by molar-refractivity contribution is 0.101. The second-order valence-electron chi connectivity index (χ2n) is 6.28. The van der Waals surface area contributed by atoms with Crippen LogP contribution in [-0.2, 0) is 16.6 Å². The summed E-state index contributed by atoms with van der Waals surface area (Å²) >= 11 is 0. The van der Waals surface area contributed by atoms with Crippen LogP contribution < -0.4 is 9.04 Å². The second-order valence-corrected chi connectivity index (χ2v) is 8.14. The molecule has 144 valence electrons. The van der Waals surface area contributed by atoms with Gasteiger partial charge in [-0.3, -0.25) is 9.10 Å². The molecule has 0 aliphatic rings. The number of carbonyl (C=O) groups excluding carboxylic acids is 1. The van der Waals surface area contributed by atoms with E-state index in [4.69, 9.17) is 4.74 Å². The molecule has 0 aliphatic heterocycles. The van der Waals surface area contributed by atoms with E-state index in [-0.39, 0.29) is 17.2 Å². The molecule has 0 aliphatic carbocycles. The topological polar surface area (TPSA) is 63.7 Å². The van der Waals surface area contributed by atoms with Gasteiger partial charge >= 0.3 is 0 Å². The number of hydrogen-bond acceptors (Lipinski definition) is 4. The maximum atomic E-state index is 13.4. The van der Waals surface area contributed by atoms with Crippen LogP contribution in [0.4, 0.5) is 5.69 Å². The zero-order valence-electron chi connectivity index (χ0n) is 15.7. The molecule has 0 saturated carbocycles. The molecule has 6 heteroatoms. The Morgan fingerprint density at radius 3 is 2.04 bits per heavy atom. The standard InChI is InChI=1S/C22H21NO4S/c1-17(24)19-8-14-22(15-9-19)28(25,26)23(16-18-6-4-3-5-7-18)20-10-12-21(27-2)13-11-20/h3-15H,16H2,1-2H3. The summed E-state index contributed by atoms with van der Waals surface area (Å²) in [7, 11) is -2.27. The SMILES string of the molecule is COc1ccc(N(Cc2ccccc2)S(=O)(=O)c2ccc(C(C)=O)cc2)cc1. The first-order chi connectivity index (χ1) is 13.4. The predicted molar refractivity (Wildman–Crippen MR) is 109 cm³/mol. The van der Waals surface area contributed by atoms with Crippen LogP contribution in [0.5, 0.6) is 5.75 Å². The molecule has 5 nitrogen and oxygen atoms in total. The van der Waals surface area contributed by atoms with Gasteiger partial charge in [-0.15, -0.1) is 0 Å². The van der Waals surface area contributed by atoms with Crippen LogP contribution in [-0.4, -0.2) is 21.3 Å². The minimum Gasteiger partial charge on any atom is -0.497 e. The molecule has 0 fully saturated rings. The van der Waals surface area contributed by atoms with Gasteiger partial charge in [-0.2, -0.15) is 0 Å². The third kappa shape index (κ3) is 4.23. The fraction of sp³-hybridized carbons (Fsp3) is 0.136. The predicted octanol–water partition coefficient (Wildman–Crippen LogP) is 4.29. The Bertz CT molecular complexity index is 1040. The summed E-state index contributed by atoms with van der Waals surface area (Å²) in [5.41, 5.74) is 1.86. The van der Waals surface area contributed by atoms with Crippen molar-refractivity contribution in [1.82, 2.24) is 0 Å². The van der Waals surface area contributed by atoms with Crippen molar-refractivity contribution in [1.29, 1.82) is 0 Å². The molecule has 0 atom stereocenters. The van der Waals surface area contributed by atoms with Gasteiger partial charge in [0.25, 0.3) is 10.0 Å². The first-order valence-corrected chi connectivity index (χ1v) is 10.2. The third-order valence-electron chi connectivity index (χ3n) is 4.38. The molecule has 0 unspecified atom stereocenters. The second kappa shape index (κ2) is 8.27. The molecule has 0 radical (unpaired) electrons. The van der Waals surface area contributed by atoms with Gasteiger partial charge in [0.1, 0.15) is 5.75 Å². The number of carbonyl (C=O) groups is 1. The fourth-order valence-corrected chi connectivity index (χ4v) is 4.25. The van der Waals surface area contributed by atoms with Gasteiger partial charge in [0, 0.05) is 5.56 Å². The van der Waals surface area contributed by atoms with Crippen molar-refractivity contribution in [2.75, 3.05) is 11.4 Å². The van der Waals surface area contributed by atoms with Gasteiger partial charge in [0.15, 0.2) is 5.78 Å². The highest BCUT2D eigenvalue weighted by Crippen LogP contribution is 2.28. The fourth-order valence-electron chi connectivity index (χ4n) is 2.80. The Kier molecular flexibility index (Phi) is 5.80. The summed E-state index contributed by atoms with van der Waals surface area (Å²) in [4.78, 5) is 11.6. The van der Waals surface area contributed by atoms with Crippen LogP contribution in [0.25, 0.3) is 0 Å². The Labute approximate surface area is 165 Å². The molecular weight excluding hydrogens is 374 g/mol. The van der Waals surface area contributed by atoms with Gasteiger partial charge in [-0.05, 0) is 48.9 Å². The summed E-state index contributed by atoms with van der Waals surface area (Å²) in [6.45, 7) is 1.63. The van der Waals surface area contributed by atoms with Gasteiger partial charge in [-0.1, -0.05) is 42.5 Å². The molecule has 0 saturated heterocycles. The summed E-state index contributed by atoms with van der Waals surface area (Å²) in [5, 5.41) is 0. The molecule has 3 aromatic rings. The maximum Gasteiger partial charge on any atom is 0.264 e. The first kappa shape index (κ1) is 19.6. The van der Waals surface area contributed by atoms with Crippen molar-refractivity contribution >= 4 is 21.5 Å². The number of methoxy groups -OCH3 is 1. The number of Topliss-reactive ketones (excluding diaryl/α,β-unsaturated/α-hetero) is 1. The van der Waals surface area contributed by atoms with Gasteiger partial charge in [0.05, 0.1) is 24.2 Å². The van der Waals surface area contributed by atoms with Crippen molar-refractivity contribution in [2.45, 2.75) is 18.4 Å². The molecule has 0 N–H and O–H groups in total. The molecule has 0 bridgehead atoms. The molecule has 0 amide bonds. The van der Waals surface area contributed by atoms with E-state index in [1.165, 1.54) is 35.5 Å². The minimum atomic E-state index is -3.83. The number of hydrogen-bond donors (Lipinski definition) is 0. The lowest BCUT2D eigenvalue weighted by atomic mass is 10.2. The normalized spacial score (nSPS) is 11.1. The van der Waals surface area contributed by atoms with Crippen LogP contribution in [0, 0.1) is 0 Å². The highest BCUT2D eigenvalue weighted by atomic mass is 32.2. The first-order valence-electron chi connectivity index (χ1n) is 8.73. The van der Waals surface area contributed by atoms with Crippen molar-refractivity contribution in [2.24, 2.45) is 0 Å². The van der Waals surface area contributed by atoms with Crippen LogP contribution >= 0.6 is 0 Å². The molecule has 28 heavy (non-hydrogen) atoms. The van der Waals surface area contributed by atoms with Crippen molar-refractivity contribution in [3.05, 3.63) is 90.0 Å². The highest BCUT2D eigenvalue weighted by Gasteiger charge is 2.25. The van der Waals surface area contributed by atoms with E-state index in [2.05, 4.69) is 0 Å². The van der Waals surface area contributed by atoms with Crippen LogP contribution in [0.1, 0.15) is 22.8 Å². The molecule has 0 heterocycles. The Hall–Kier alpha value is -3.12. The molecule has 0 aromatic heterocycles. The van der Waals surface area contributed by atoms with E-state index < -0.39 is 10.0 Å². The third-order valence-corrected chi connectivity index (χ3v) is 6.17. The van der Waals surface area contributed by atoms with Gasteiger partial charge in [-0.25, -0.2) is 8.42 Å². The Balaban J connectivity index is 2.04.